The Morgan fingerprint density at radius 1 is 1.38 bits per heavy atom. The zero-order chi connectivity index (χ0) is 8.97. The van der Waals surface area contributed by atoms with Gasteiger partial charge in [0.25, 0.3) is 0 Å². The van der Waals surface area contributed by atoms with E-state index in [-0.39, 0.29) is 18.4 Å². The van der Waals surface area contributed by atoms with Gasteiger partial charge in [-0.1, -0.05) is 31.5 Å². The van der Waals surface area contributed by atoms with Gasteiger partial charge in [-0.15, -0.1) is 12.4 Å². The van der Waals surface area contributed by atoms with E-state index in [2.05, 4.69) is 41.6 Å². The van der Waals surface area contributed by atoms with Gasteiger partial charge >= 0.3 is 0 Å². The number of benzene rings is 1. The van der Waals surface area contributed by atoms with E-state index in [9.17, 15) is 0 Å². The summed E-state index contributed by atoms with van der Waals surface area (Å²) in [6.07, 6.45) is 2.21. The Morgan fingerprint density at radius 2 is 2.00 bits per heavy atom. The van der Waals surface area contributed by atoms with Crippen LogP contribution in [0.3, 0.4) is 0 Å². The minimum absolute atomic E-state index is 0. The van der Waals surface area contributed by atoms with Crippen LogP contribution in [-0.2, 0) is 0 Å². The topological polar surface area (TPSA) is 26.0 Å². The van der Waals surface area contributed by atoms with Crippen LogP contribution >= 0.6 is 35.0 Å². The predicted octanol–water partition coefficient (Wildman–Crippen LogP) is 3.51. The molecule has 1 aromatic rings. The fourth-order valence-electron chi connectivity index (χ4n) is 1.24. The van der Waals surface area contributed by atoms with E-state index in [0.717, 1.165) is 12.8 Å². The molecule has 13 heavy (non-hydrogen) atoms. The zero-order valence-electron chi connectivity index (χ0n) is 7.66. The Kier molecular flexibility index (Phi) is 6.73. The van der Waals surface area contributed by atoms with Crippen molar-refractivity contribution in [3.8, 4) is 0 Å². The van der Waals surface area contributed by atoms with E-state index in [1.165, 1.54) is 9.13 Å². The van der Waals surface area contributed by atoms with Gasteiger partial charge in [-0.25, -0.2) is 0 Å². The molecule has 0 saturated heterocycles. The number of rotatable bonds is 3. The fourth-order valence-corrected chi connectivity index (χ4v) is 2.03. The summed E-state index contributed by atoms with van der Waals surface area (Å²) in [6.45, 7) is 2.16. The number of hydrogen-bond acceptors (Lipinski definition) is 1. The molecule has 0 aromatic heterocycles. The third-order valence-corrected chi connectivity index (χ3v) is 2.89. The van der Waals surface area contributed by atoms with Crippen LogP contribution in [0.2, 0.25) is 0 Å². The molecule has 1 atom stereocenters. The van der Waals surface area contributed by atoms with Crippen molar-refractivity contribution in [1.29, 1.82) is 0 Å². The maximum Gasteiger partial charge on any atom is 0.0305 e. The second kappa shape index (κ2) is 6.62. The van der Waals surface area contributed by atoms with Gasteiger partial charge in [-0.05, 0) is 40.6 Å². The van der Waals surface area contributed by atoms with E-state index >= 15 is 0 Å². The van der Waals surface area contributed by atoms with Crippen molar-refractivity contribution in [2.45, 2.75) is 25.8 Å². The van der Waals surface area contributed by atoms with Gasteiger partial charge < -0.3 is 5.73 Å². The van der Waals surface area contributed by atoms with Crippen molar-refractivity contribution in [3.05, 3.63) is 33.4 Å². The molecule has 1 nitrogen and oxygen atoms in total. The molecule has 0 fully saturated rings. The molecule has 3 heteroatoms. The van der Waals surface area contributed by atoms with Crippen LogP contribution in [0.4, 0.5) is 0 Å². The third kappa shape index (κ3) is 3.83. The molecule has 0 bridgehead atoms. The van der Waals surface area contributed by atoms with Crippen LogP contribution in [0.5, 0.6) is 0 Å². The monoisotopic (exact) mass is 311 g/mol. The van der Waals surface area contributed by atoms with Gasteiger partial charge in [0.1, 0.15) is 0 Å². The first kappa shape index (κ1) is 13.2. The molecule has 1 aromatic carbocycles. The summed E-state index contributed by atoms with van der Waals surface area (Å²) >= 11 is 2.34. The normalized spacial score (nSPS) is 11.9. The summed E-state index contributed by atoms with van der Waals surface area (Å²) in [7, 11) is 0. The number of hydrogen-bond donors (Lipinski definition) is 1. The molecule has 0 heterocycles. The van der Waals surface area contributed by atoms with E-state index < -0.39 is 0 Å². The highest BCUT2D eigenvalue weighted by Gasteiger charge is 2.06. The van der Waals surface area contributed by atoms with Crippen molar-refractivity contribution >= 4 is 35.0 Å². The van der Waals surface area contributed by atoms with Gasteiger partial charge in [-0.2, -0.15) is 0 Å². The van der Waals surface area contributed by atoms with Gasteiger partial charge in [0.15, 0.2) is 0 Å². The highest BCUT2D eigenvalue weighted by molar-refractivity contribution is 14.1. The maximum absolute atomic E-state index is 6.00. The molecule has 0 saturated carbocycles. The Morgan fingerprint density at radius 3 is 2.54 bits per heavy atom. The average Bonchev–Trinajstić information content (AvgIpc) is 2.05. The van der Waals surface area contributed by atoms with Gasteiger partial charge in [0.05, 0.1) is 0 Å². The maximum atomic E-state index is 6.00. The van der Waals surface area contributed by atoms with Crippen molar-refractivity contribution in [3.63, 3.8) is 0 Å². The molecule has 0 aliphatic heterocycles. The van der Waals surface area contributed by atoms with Crippen LogP contribution in [0.15, 0.2) is 24.3 Å². The predicted molar refractivity (Wildman–Crippen MR) is 68.2 cm³/mol. The smallest absolute Gasteiger partial charge is 0.0305 e. The molecule has 0 aliphatic rings. The summed E-state index contributed by atoms with van der Waals surface area (Å²) in [6, 6.07) is 8.52. The Bertz CT molecular complexity index is 252. The lowest BCUT2D eigenvalue weighted by molar-refractivity contribution is 0.636. The van der Waals surface area contributed by atoms with Crippen LogP contribution in [-0.4, -0.2) is 0 Å². The van der Waals surface area contributed by atoms with Crippen LogP contribution in [0.1, 0.15) is 31.4 Å². The first-order valence-electron chi connectivity index (χ1n) is 4.25. The van der Waals surface area contributed by atoms with Gasteiger partial charge in [0, 0.05) is 9.61 Å². The lowest BCUT2D eigenvalue weighted by atomic mass is 10.0. The summed E-state index contributed by atoms with van der Waals surface area (Å²) in [4.78, 5) is 0. The average molecular weight is 312 g/mol. The van der Waals surface area contributed by atoms with Crippen molar-refractivity contribution in [1.82, 2.24) is 0 Å². The fraction of sp³-hybridized carbons (Fsp3) is 0.400. The second-order valence-electron chi connectivity index (χ2n) is 2.92. The first-order valence-corrected chi connectivity index (χ1v) is 5.33. The first-order chi connectivity index (χ1) is 5.75. The Balaban J connectivity index is 0.00000144. The van der Waals surface area contributed by atoms with E-state index in [4.69, 9.17) is 5.73 Å². The van der Waals surface area contributed by atoms with Gasteiger partial charge in [-0.3, -0.25) is 0 Å². The molecule has 0 amide bonds. The van der Waals surface area contributed by atoms with Crippen LogP contribution in [0.25, 0.3) is 0 Å². The van der Waals surface area contributed by atoms with Crippen LogP contribution < -0.4 is 5.73 Å². The minimum atomic E-state index is 0. The molecule has 0 unspecified atom stereocenters. The second-order valence-corrected chi connectivity index (χ2v) is 4.08. The quantitative estimate of drug-likeness (QED) is 0.849. The SMILES string of the molecule is CCC[C@@H](N)c1ccccc1I.Cl. The standard InChI is InChI=1S/C10H14IN.ClH/c1-2-5-10(12)8-6-3-4-7-9(8)11;/h3-4,6-7,10H,2,5,12H2,1H3;1H/t10-;/m1./s1. The third-order valence-electron chi connectivity index (χ3n) is 1.90. The van der Waals surface area contributed by atoms with Crippen molar-refractivity contribution in [2.24, 2.45) is 5.73 Å². The van der Waals surface area contributed by atoms with E-state index in [1.807, 2.05) is 12.1 Å². The summed E-state index contributed by atoms with van der Waals surface area (Å²) < 4.78 is 1.27. The lowest BCUT2D eigenvalue weighted by Crippen LogP contribution is -2.10. The molecule has 0 radical (unpaired) electrons. The largest absolute Gasteiger partial charge is 0.324 e. The molecular weight excluding hydrogens is 296 g/mol. The van der Waals surface area contributed by atoms with Gasteiger partial charge in [0.2, 0.25) is 0 Å². The molecule has 2 N–H and O–H groups in total. The molecular formula is C10H15ClIN. The number of halogens is 2. The molecule has 0 aliphatic carbocycles. The highest BCUT2D eigenvalue weighted by atomic mass is 127. The zero-order valence-corrected chi connectivity index (χ0v) is 10.6. The van der Waals surface area contributed by atoms with E-state index in [1.54, 1.807) is 0 Å². The molecule has 0 spiro atoms. The molecule has 74 valence electrons. The number of nitrogens with two attached hydrogens (primary N) is 1. The lowest BCUT2D eigenvalue weighted by Gasteiger charge is -2.11. The Hall–Kier alpha value is 0.200. The van der Waals surface area contributed by atoms with Crippen molar-refractivity contribution < 1.29 is 0 Å². The molecule has 1 rings (SSSR count). The Labute approximate surface area is 99.6 Å². The minimum Gasteiger partial charge on any atom is -0.324 e. The van der Waals surface area contributed by atoms with E-state index in [0.29, 0.717) is 0 Å². The highest BCUT2D eigenvalue weighted by Crippen LogP contribution is 2.20. The summed E-state index contributed by atoms with van der Waals surface area (Å²) in [5.41, 5.74) is 7.28. The summed E-state index contributed by atoms with van der Waals surface area (Å²) in [5, 5.41) is 0. The summed E-state index contributed by atoms with van der Waals surface area (Å²) in [5.74, 6) is 0. The van der Waals surface area contributed by atoms with Crippen molar-refractivity contribution in [2.75, 3.05) is 0 Å². The van der Waals surface area contributed by atoms with Crippen LogP contribution in [0, 0.1) is 3.57 Å².